The van der Waals surface area contributed by atoms with Crippen molar-refractivity contribution >= 4 is 0 Å². The lowest BCUT2D eigenvalue weighted by atomic mass is 10.1. The SMILES string of the molecule is CCCCCCCCCCN(C=C(O)CCCCCC)C=C(O)CCCCCC. The van der Waals surface area contributed by atoms with Gasteiger partial charge in [-0.05, 0) is 19.3 Å². The van der Waals surface area contributed by atoms with Gasteiger partial charge in [-0.25, -0.2) is 0 Å². The zero-order valence-electron chi connectivity index (χ0n) is 19.9. The van der Waals surface area contributed by atoms with E-state index in [0.717, 1.165) is 38.6 Å². The Labute approximate surface area is 182 Å². The molecule has 0 amide bonds. The van der Waals surface area contributed by atoms with Crippen molar-refractivity contribution in [2.24, 2.45) is 0 Å². The van der Waals surface area contributed by atoms with E-state index in [0.29, 0.717) is 11.5 Å². The largest absolute Gasteiger partial charge is 0.511 e. The van der Waals surface area contributed by atoms with Gasteiger partial charge >= 0.3 is 0 Å². The van der Waals surface area contributed by atoms with Crippen LogP contribution in [-0.4, -0.2) is 21.7 Å². The van der Waals surface area contributed by atoms with Gasteiger partial charge in [0.1, 0.15) is 11.5 Å². The van der Waals surface area contributed by atoms with Crippen LogP contribution in [0.5, 0.6) is 0 Å². The van der Waals surface area contributed by atoms with E-state index in [1.165, 1.54) is 83.5 Å². The Morgan fingerprint density at radius 3 is 1.28 bits per heavy atom. The highest BCUT2D eigenvalue weighted by molar-refractivity contribution is 4.99. The quantitative estimate of drug-likeness (QED) is 0.147. The zero-order chi connectivity index (χ0) is 21.6. The molecule has 3 nitrogen and oxygen atoms in total. The van der Waals surface area contributed by atoms with Crippen LogP contribution in [0.1, 0.15) is 136 Å². The number of hydrogen-bond acceptors (Lipinski definition) is 3. The number of nitrogens with zero attached hydrogens (tertiary/aromatic N) is 1. The third-order valence-corrected chi connectivity index (χ3v) is 5.47. The van der Waals surface area contributed by atoms with Crippen LogP contribution in [0.2, 0.25) is 0 Å². The van der Waals surface area contributed by atoms with Gasteiger partial charge in [0.05, 0.1) is 0 Å². The molecule has 0 fully saturated rings. The first-order valence-corrected chi connectivity index (χ1v) is 12.7. The molecule has 0 spiro atoms. The Morgan fingerprint density at radius 1 is 0.517 bits per heavy atom. The van der Waals surface area contributed by atoms with Crippen molar-refractivity contribution in [3.8, 4) is 0 Å². The predicted molar refractivity (Wildman–Crippen MR) is 128 cm³/mol. The number of rotatable bonds is 21. The Bertz CT molecular complexity index is 376. The molecule has 0 aromatic heterocycles. The van der Waals surface area contributed by atoms with E-state index in [-0.39, 0.29) is 0 Å². The van der Waals surface area contributed by atoms with Gasteiger partial charge in [0.25, 0.3) is 0 Å². The lowest BCUT2D eigenvalue weighted by Crippen LogP contribution is -2.14. The Balaban J connectivity index is 4.42. The van der Waals surface area contributed by atoms with Gasteiger partial charge < -0.3 is 15.1 Å². The Morgan fingerprint density at radius 2 is 0.862 bits per heavy atom. The highest BCUT2D eigenvalue weighted by Gasteiger charge is 2.04. The number of aliphatic hydroxyl groups excluding tert-OH is 2. The molecule has 2 N–H and O–H groups in total. The summed E-state index contributed by atoms with van der Waals surface area (Å²) in [7, 11) is 0. The van der Waals surface area contributed by atoms with Crippen LogP contribution in [0.4, 0.5) is 0 Å². The average molecular weight is 410 g/mol. The number of unbranched alkanes of at least 4 members (excludes halogenated alkanes) is 13. The van der Waals surface area contributed by atoms with Crippen LogP contribution < -0.4 is 0 Å². The summed E-state index contributed by atoms with van der Waals surface area (Å²) in [4.78, 5) is 2.02. The summed E-state index contributed by atoms with van der Waals surface area (Å²) >= 11 is 0. The molecule has 0 atom stereocenters. The molecule has 0 saturated heterocycles. The van der Waals surface area contributed by atoms with Crippen molar-refractivity contribution in [2.45, 2.75) is 136 Å². The first-order chi connectivity index (χ1) is 14.1. The van der Waals surface area contributed by atoms with Crippen molar-refractivity contribution in [1.29, 1.82) is 0 Å². The number of aliphatic hydroxyl groups is 2. The van der Waals surface area contributed by atoms with Crippen molar-refractivity contribution in [3.05, 3.63) is 23.9 Å². The second-order valence-electron chi connectivity index (χ2n) is 8.57. The molecule has 0 heterocycles. The van der Waals surface area contributed by atoms with Crippen LogP contribution in [0.25, 0.3) is 0 Å². The molecule has 0 aliphatic rings. The third kappa shape index (κ3) is 19.9. The highest BCUT2D eigenvalue weighted by Crippen LogP contribution is 2.14. The molecule has 0 aromatic carbocycles. The number of allylic oxidation sites excluding steroid dienone is 2. The summed E-state index contributed by atoms with van der Waals surface area (Å²) in [6.07, 6.45) is 24.8. The van der Waals surface area contributed by atoms with Gasteiger partial charge in [-0.2, -0.15) is 0 Å². The second kappa shape index (κ2) is 21.6. The van der Waals surface area contributed by atoms with E-state index in [1.807, 2.05) is 17.3 Å². The van der Waals surface area contributed by atoms with Gasteiger partial charge in [-0.1, -0.05) is 104 Å². The van der Waals surface area contributed by atoms with Gasteiger partial charge in [0.15, 0.2) is 0 Å². The third-order valence-electron chi connectivity index (χ3n) is 5.47. The molecular formula is C26H51NO2. The molecule has 0 aliphatic carbocycles. The van der Waals surface area contributed by atoms with Crippen molar-refractivity contribution in [3.63, 3.8) is 0 Å². The van der Waals surface area contributed by atoms with Gasteiger partial charge in [-0.3, -0.25) is 0 Å². The molecule has 0 radical (unpaired) electrons. The van der Waals surface area contributed by atoms with E-state index >= 15 is 0 Å². The minimum atomic E-state index is 0.440. The monoisotopic (exact) mass is 409 g/mol. The maximum atomic E-state index is 10.3. The summed E-state index contributed by atoms with van der Waals surface area (Å²) in [5.74, 6) is 0.881. The minimum absolute atomic E-state index is 0.440. The van der Waals surface area contributed by atoms with Gasteiger partial charge in [-0.15, -0.1) is 0 Å². The fraction of sp³-hybridized carbons (Fsp3) is 0.846. The van der Waals surface area contributed by atoms with Crippen LogP contribution in [-0.2, 0) is 0 Å². The smallest absolute Gasteiger partial charge is 0.108 e. The van der Waals surface area contributed by atoms with Crippen LogP contribution >= 0.6 is 0 Å². The molecule has 0 rings (SSSR count). The molecule has 29 heavy (non-hydrogen) atoms. The summed E-state index contributed by atoms with van der Waals surface area (Å²) in [6.45, 7) is 7.53. The Kier molecular flexibility index (Phi) is 20.8. The van der Waals surface area contributed by atoms with Gasteiger partial charge in [0.2, 0.25) is 0 Å². The topological polar surface area (TPSA) is 43.7 Å². The van der Waals surface area contributed by atoms with Gasteiger partial charge in [0, 0.05) is 31.8 Å². The first-order valence-electron chi connectivity index (χ1n) is 12.7. The van der Waals surface area contributed by atoms with E-state index in [4.69, 9.17) is 0 Å². The average Bonchev–Trinajstić information content (AvgIpc) is 2.70. The maximum absolute atomic E-state index is 10.3. The van der Waals surface area contributed by atoms with Crippen molar-refractivity contribution in [1.82, 2.24) is 4.90 Å². The van der Waals surface area contributed by atoms with Crippen LogP contribution in [0, 0.1) is 0 Å². The molecule has 0 bridgehead atoms. The Hall–Kier alpha value is -1.12. The highest BCUT2D eigenvalue weighted by atomic mass is 16.3. The fourth-order valence-electron chi connectivity index (χ4n) is 3.57. The van der Waals surface area contributed by atoms with E-state index in [1.54, 1.807) is 0 Å². The maximum Gasteiger partial charge on any atom is 0.108 e. The lowest BCUT2D eigenvalue weighted by molar-refractivity contribution is 0.334. The van der Waals surface area contributed by atoms with Crippen LogP contribution in [0.3, 0.4) is 0 Å². The molecular weight excluding hydrogens is 358 g/mol. The fourth-order valence-corrected chi connectivity index (χ4v) is 3.57. The van der Waals surface area contributed by atoms with E-state index in [2.05, 4.69) is 20.8 Å². The summed E-state index contributed by atoms with van der Waals surface area (Å²) in [5.41, 5.74) is 0. The number of hydrogen-bond donors (Lipinski definition) is 2. The summed E-state index contributed by atoms with van der Waals surface area (Å²) in [6, 6.07) is 0. The molecule has 3 heteroatoms. The van der Waals surface area contributed by atoms with Crippen molar-refractivity contribution in [2.75, 3.05) is 6.54 Å². The first kappa shape index (κ1) is 27.9. The lowest BCUT2D eigenvalue weighted by Gasteiger charge is -2.17. The van der Waals surface area contributed by atoms with Crippen molar-refractivity contribution < 1.29 is 10.2 Å². The van der Waals surface area contributed by atoms with Crippen LogP contribution in [0.15, 0.2) is 23.9 Å². The molecule has 172 valence electrons. The summed E-state index contributed by atoms with van der Waals surface area (Å²) < 4.78 is 0. The standard InChI is InChI=1S/C26H51NO2/c1-4-7-10-13-14-15-16-19-22-27(23-25(28)20-17-11-8-5-2)24-26(29)21-18-12-9-6-3/h23-24,28-29H,4-22H2,1-3H3. The molecule has 0 aromatic rings. The summed E-state index contributed by atoms with van der Waals surface area (Å²) in [5, 5.41) is 20.6. The van der Waals surface area contributed by atoms with E-state index in [9.17, 15) is 10.2 Å². The van der Waals surface area contributed by atoms with E-state index < -0.39 is 0 Å². The molecule has 0 aliphatic heterocycles. The normalized spacial score (nSPS) is 12.5. The zero-order valence-corrected chi connectivity index (χ0v) is 19.9. The minimum Gasteiger partial charge on any atom is -0.511 e. The molecule has 0 unspecified atom stereocenters. The molecule has 0 saturated carbocycles. The predicted octanol–water partition coefficient (Wildman–Crippen LogP) is 9.17. The second-order valence-corrected chi connectivity index (χ2v) is 8.57.